The van der Waals surface area contributed by atoms with Crippen molar-refractivity contribution in [1.29, 1.82) is 0 Å². The standard InChI is InChI=1S/C26H29N3O5S/c1-33-25-16-21(9-10-24(25)34-19-20-6-3-2-4-7-20)17-28-26(30)22-11-14-29(15-12-22)35(31,32)23-8-5-13-27-18-23/h2-10,13,16,18,22H,11-12,14-15,17,19H2,1H3,(H,28,30). The van der Waals surface area contributed by atoms with Crippen molar-refractivity contribution in [3.63, 3.8) is 0 Å². The summed E-state index contributed by atoms with van der Waals surface area (Å²) >= 11 is 0. The number of pyridine rings is 1. The van der Waals surface area contributed by atoms with Crippen LogP contribution in [0.15, 0.2) is 78.0 Å². The van der Waals surface area contributed by atoms with Crippen molar-refractivity contribution in [2.24, 2.45) is 5.92 Å². The average Bonchev–Trinajstić information content (AvgIpc) is 2.91. The zero-order valence-corrected chi connectivity index (χ0v) is 20.4. The maximum Gasteiger partial charge on any atom is 0.244 e. The highest BCUT2D eigenvalue weighted by Gasteiger charge is 2.32. The summed E-state index contributed by atoms with van der Waals surface area (Å²) in [6.07, 6.45) is 3.83. The Bertz CT molecular complexity index is 1230. The summed E-state index contributed by atoms with van der Waals surface area (Å²) in [6.45, 7) is 1.39. The van der Waals surface area contributed by atoms with Crippen LogP contribution >= 0.6 is 0 Å². The molecule has 1 saturated heterocycles. The number of amides is 1. The Morgan fingerprint density at radius 2 is 1.80 bits per heavy atom. The Hall–Kier alpha value is -3.43. The van der Waals surface area contributed by atoms with Crippen molar-refractivity contribution >= 4 is 15.9 Å². The third kappa shape index (κ3) is 6.17. The number of nitrogens with one attached hydrogen (secondary N) is 1. The van der Waals surface area contributed by atoms with Crippen molar-refractivity contribution < 1.29 is 22.7 Å². The van der Waals surface area contributed by atoms with Gasteiger partial charge in [-0.05, 0) is 48.2 Å². The SMILES string of the molecule is COc1cc(CNC(=O)C2CCN(S(=O)(=O)c3cccnc3)CC2)ccc1OCc1ccccc1. The first-order chi connectivity index (χ1) is 17.0. The molecule has 9 heteroatoms. The highest BCUT2D eigenvalue weighted by atomic mass is 32.2. The van der Waals surface area contributed by atoms with E-state index in [0.29, 0.717) is 50.6 Å². The fourth-order valence-corrected chi connectivity index (χ4v) is 5.45. The predicted octanol–water partition coefficient (Wildman–Crippen LogP) is 3.39. The largest absolute Gasteiger partial charge is 0.493 e. The van der Waals surface area contributed by atoms with Crippen LogP contribution in [0.3, 0.4) is 0 Å². The number of carbonyl (C=O) groups is 1. The Kier molecular flexibility index (Phi) is 7.99. The zero-order chi connectivity index (χ0) is 24.7. The molecule has 0 atom stereocenters. The van der Waals surface area contributed by atoms with Crippen molar-refractivity contribution in [2.75, 3.05) is 20.2 Å². The lowest BCUT2D eigenvalue weighted by Gasteiger charge is -2.30. The van der Waals surface area contributed by atoms with Crippen molar-refractivity contribution in [3.05, 3.63) is 84.2 Å². The Balaban J connectivity index is 1.28. The summed E-state index contributed by atoms with van der Waals surface area (Å²) in [5.41, 5.74) is 1.95. The second-order valence-electron chi connectivity index (χ2n) is 8.34. The number of nitrogens with zero attached hydrogens (tertiary/aromatic N) is 2. The molecule has 1 amide bonds. The minimum atomic E-state index is -3.59. The molecule has 2 heterocycles. The molecule has 3 aromatic rings. The molecule has 1 fully saturated rings. The molecule has 8 nitrogen and oxygen atoms in total. The zero-order valence-electron chi connectivity index (χ0n) is 19.6. The van der Waals surface area contributed by atoms with Gasteiger partial charge in [0.25, 0.3) is 0 Å². The van der Waals surface area contributed by atoms with E-state index >= 15 is 0 Å². The highest BCUT2D eigenvalue weighted by molar-refractivity contribution is 7.89. The maximum atomic E-state index is 12.8. The molecule has 0 spiro atoms. The molecule has 0 saturated carbocycles. The number of hydrogen-bond donors (Lipinski definition) is 1. The minimum Gasteiger partial charge on any atom is -0.493 e. The molecule has 35 heavy (non-hydrogen) atoms. The van der Waals surface area contributed by atoms with E-state index in [-0.39, 0.29) is 16.7 Å². The Morgan fingerprint density at radius 3 is 2.49 bits per heavy atom. The van der Waals surface area contributed by atoms with Crippen molar-refractivity contribution in [3.8, 4) is 11.5 Å². The van der Waals surface area contributed by atoms with E-state index in [0.717, 1.165) is 11.1 Å². The number of benzene rings is 2. The fraction of sp³-hybridized carbons (Fsp3) is 0.308. The Labute approximate surface area is 206 Å². The van der Waals surface area contributed by atoms with Crippen LogP contribution in [0, 0.1) is 5.92 Å². The van der Waals surface area contributed by atoms with Crippen molar-refractivity contribution in [2.45, 2.75) is 30.9 Å². The van der Waals surface area contributed by atoms with Crippen molar-refractivity contribution in [1.82, 2.24) is 14.6 Å². The molecule has 184 valence electrons. The molecule has 4 rings (SSSR count). The topological polar surface area (TPSA) is 97.8 Å². The molecule has 2 aromatic carbocycles. The monoisotopic (exact) mass is 495 g/mol. The number of ether oxygens (including phenoxy) is 2. The third-order valence-electron chi connectivity index (χ3n) is 6.03. The van der Waals surface area contributed by atoms with E-state index in [4.69, 9.17) is 9.47 Å². The van der Waals surface area contributed by atoms with Crippen LogP contribution in [0.5, 0.6) is 11.5 Å². The summed E-state index contributed by atoms with van der Waals surface area (Å²) in [7, 11) is -2.00. The number of carbonyl (C=O) groups excluding carboxylic acids is 1. The van der Waals surface area contributed by atoms with Crippen LogP contribution in [0.25, 0.3) is 0 Å². The van der Waals surface area contributed by atoms with Gasteiger partial charge in [0.05, 0.1) is 7.11 Å². The lowest BCUT2D eigenvalue weighted by molar-refractivity contribution is -0.126. The molecule has 1 aromatic heterocycles. The van der Waals surface area contributed by atoms with Gasteiger partial charge < -0.3 is 14.8 Å². The van der Waals surface area contributed by atoms with E-state index in [1.807, 2.05) is 48.5 Å². The van der Waals surface area contributed by atoms with Crippen LogP contribution in [-0.2, 0) is 28.0 Å². The van der Waals surface area contributed by atoms with E-state index in [1.165, 1.54) is 22.8 Å². The molecule has 0 radical (unpaired) electrons. The maximum absolute atomic E-state index is 12.8. The molecule has 1 aliphatic rings. The summed E-state index contributed by atoms with van der Waals surface area (Å²) in [4.78, 5) is 16.8. The lowest BCUT2D eigenvalue weighted by atomic mass is 9.97. The number of methoxy groups -OCH3 is 1. The average molecular weight is 496 g/mol. The molecule has 0 bridgehead atoms. The summed E-state index contributed by atoms with van der Waals surface area (Å²) in [5.74, 6) is 0.924. The van der Waals surface area contributed by atoms with Gasteiger partial charge in [-0.15, -0.1) is 0 Å². The molecule has 1 aliphatic heterocycles. The Morgan fingerprint density at radius 1 is 1.03 bits per heavy atom. The minimum absolute atomic E-state index is 0.0770. The van der Waals surface area contributed by atoms with Crippen LogP contribution in [-0.4, -0.2) is 43.8 Å². The molecule has 1 N–H and O–H groups in total. The second-order valence-corrected chi connectivity index (χ2v) is 10.3. The van der Waals surface area contributed by atoms with Crippen LogP contribution < -0.4 is 14.8 Å². The van der Waals surface area contributed by atoms with E-state index in [9.17, 15) is 13.2 Å². The van der Waals surface area contributed by atoms with Gasteiger partial charge in [0, 0.05) is 37.9 Å². The first-order valence-corrected chi connectivity index (χ1v) is 12.9. The molecule has 0 aliphatic carbocycles. The molecule has 0 unspecified atom stereocenters. The van der Waals surface area contributed by atoms with E-state index < -0.39 is 10.0 Å². The highest BCUT2D eigenvalue weighted by Crippen LogP contribution is 2.29. The summed E-state index contributed by atoms with van der Waals surface area (Å²) in [6, 6.07) is 18.6. The first kappa shape index (κ1) is 24.7. The van der Waals surface area contributed by atoms with Gasteiger partial charge in [0.1, 0.15) is 11.5 Å². The van der Waals surface area contributed by atoms with Gasteiger partial charge in [-0.25, -0.2) is 8.42 Å². The number of sulfonamides is 1. The van der Waals surface area contributed by atoms with E-state index in [1.54, 1.807) is 13.2 Å². The number of aromatic nitrogens is 1. The van der Waals surface area contributed by atoms with Gasteiger partial charge in [-0.2, -0.15) is 4.31 Å². The lowest BCUT2D eigenvalue weighted by Crippen LogP contribution is -2.42. The second kappa shape index (κ2) is 11.3. The van der Waals surface area contributed by atoms with Gasteiger partial charge >= 0.3 is 0 Å². The van der Waals surface area contributed by atoms with Crippen LogP contribution in [0.4, 0.5) is 0 Å². The van der Waals surface area contributed by atoms with Gasteiger partial charge in [-0.1, -0.05) is 36.4 Å². The number of hydrogen-bond acceptors (Lipinski definition) is 6. The quantitative estimate of drug-likeness (QED) is 0.489. The van der Waals surface area contributed by atoms with Gasteiger partial charge in [0.15, 0.2) is 11.5 Å². The van der Waals surface area contributed by atoms with Gasteiger partial charge in [0.2, 0.25) is 15.9 Å². The fourth-order valence-electron chi connectivity index (χ4n) is 4.02. The first-order valence-electron chi connectivity index (χ1n) is 11.5. The predicted molar refractivity (Wildman–Crippen MR) is 131 cm³/mol. The van der Waals surface area contributed by atoms with E-state index in [2.05, 4.69) is 10.3 Å². The number of rotatable bonds is 9. The molecular formula is C26H29N3O5S. The normalized spacial score (nSPS) is 14.9. The molecular weight excluding hydrogens is 466 g/mol. The van der Waals surface area contributed by atoms with Gasteiger partial charge in [-0.3, -0.25) is 9.78 Å². The van der Waals surface area contributed by atoms with Crippen LogP contribution in [0.1, 0.15) is 24.0 Å². The third-order valence-corrected chi connectivity index (χ3v) is 7.91. The number of piperidine rings is 1. The summed E-state index contributed by atoms with van der Waals surface area (Å²) < 4.78 is 38.3. The van der Waals surface area contributed by atoms with Crippen LogP contribution in [0.2, 0.25) is 0 Å². The summed E-state index contributed by atoms with van der Waals surface area (Å²) in [5, 5.41) is 2.97. The smallest absolute Gasteiger partial charge is 0.244 e.